The van der Waals surface area contributed by atoms with Crippen LogP contribution in [0.3, 0.4) is 0 Å². The molecule has 0 saturated heterocycles. The number of aryl methyl sites for hydroxylation is 1. The van der Waals surface area contributed by atoms with Crippen molar-refractivity contribution >= 4 is 40.3 Å². The van der Waals surface area contributed by atoms with E-state index in [1.54, 1.807) is 0 Å². The quantitative estimate of drug-likeness (QED) is 0.561. The summed E-state index contributed by atoms with van der Waals surface area (Å²) in [5.74, 6) is -0.249. The molecule has 0 saturated carbocycles. The average molecular weight is 372 g/mol. The van der Waals surface area contributed by atoms with Crippen LogP contribution in [0.15, 0.2) is 59.3 Å². The Labute approximate surface area is 156 Å². The zero-order valence-corrected chi connectivity index (χ0v) is 15.4. The van der Waals surface area contributed by atoms with Crippen LogP contribution in [0.4, 0.5) is 11.4 Å². The molecule has 0 amide bonds. The molecule has 128 valence electrons. The summed E-state index contributed by atoms with van der Waals surface area (Å²) in [5, 5.41) is 7.92. The highest BCUT2D eigenvalue weighted by Crippen LogP contribution is 2.31. The Morgan fingerprint density at radius 1 is 1.08 bits per heavy atom. The Hall–Kier alpha value is -2.30. The van der Waals surface area contributed by atoms with E-state index in [4.69, 9.17) is 16.3 Å². The van der Waals surface area contributed by atoms with E-state index in [1.165, 1.54) is 11.3 Å². The number of nitrogens with one attached hydrogen (secondary N) is 1. The smallest absolute Gasteiger partial charge is 0.310 e. The van der Waals surface area contributed by atoms with Crippen LogP contribution in [0, 0.1) is 6.92 Å². The molecular formula is C20H18ClNO2S. The van der Waals surface area contributed by atoms with Gasteiger partial charge in [-0.05, 0) is 35.1 Å². The number of halogens is 1. The second-order valence-corrected chi connectivity index (χ2v) is 6.82. The predicted octanol–water partition coefficient (Wildman–Crippen LogP) is 5.74. The Morgan fingerprint density at radius 2 is 1.88 bits per heavy atom. The van der Waals surface area contributed by atoms with Crippen LogP contribution in [0.1, 0.15) is 16.7 Å². The van der Waals surface area contributed by atoms with Crippen molar-refractivity contribution in [2.75, 3.05) is 5.32 Å². The van der Waals surface area contributed by atoms with Crippen LogP contribution in [0.25, 0.3) is 0 Å². The molecule has 3 rings (SSSR count). The van der Waals surface area contributed by atoms with Gasteiger partial charge < -0.3 is 10.1 Å². The molecule has 0 aliphatic rings. The van der Waals surface area contributed by atoms with Gasteiger partial charge in [0.05, 0.1) is 22.8 Å². The molecule has 1 heterocycles. The minimum absolute atomic E-state index is 0.224. The number of ether oxygens (including phenoxy) is 1. The molecular weight excluding hydrogens is 354 g/mol. The first kappa shape index (κ1) is 17.5. The van der Waals surface area contributed by atoms with Crippen LogP contribution in [0.5, 0.6) is 0 Å². The molecule has 0 unspecified atom stereocenters. The lowest BCUT2D eigenvalue weighted by Crippen LogP contribution is -2.08. The molecule has 0 radical (unpaired) electrons. The molecule has 0 aliphatic heterocycles. The van der Waals surface area contributed by atoms with Crippen molar-refractivity contribution in [3.05, 3.63) is 81.0 Å². The predicted molar refractivity (Wildman–Crippen MR) is 104 cm³/mol. The number of carbonyl (C=O) groups excluding carboxylic acids is 1. The highest BCUT2D eigenvalue weighted by atomic mass is 35.5. The molecule has 0 fully saturated rings. The number of carbonyl (C=O) groups is 1. The van der Waals surface area contributed by atoms with Gasteiger partial charge in [-0.1, -0.05) is 54.1 Å². The van der Waals surface area contributed by atoms with Crippen LogP contribution in [-0.4, -0.2) is 5.97 Å². The van der Waals surface area contributed by atoms with Gasteiger partial charge in [0.1, 0.15) is 6.61 Å². The second-order valence-electron chi connectivity index (χ2n) is 5.70. The standard InChI is InChI=1S/C20H18ClNO2S/c1-14-6-5-9-17(20(14)21)22-18-13-25-12-16(18)10-19(23)24-11-15-7-3-2-4-8-15/h2-9,12-13,22H,10-11H2,1H3. The van der Waals surface area contributed by atoms with Crippen molar-refractivity contribution in [2.45, 2.75) is 20.0 Å². The van der Waals surface area contributed by atoms with E-state index in [2.05, 4.69) is 5.32 Å². The number of benzene rings is 2. The minimum atomic E-state index is -0.249. The van der Waals surface area contributed by atoms with Crippen molar-refractivity contribution in [1.82, 2.24) is 0 Å². The molecule has 0 spiro atoms. The van der Waals surface area contributed by atoms with E-state index in [0.717, 1.165) is 28.1 Å². The third kappa shape index (κ3) is 4.62. The summed E-state index contributed by atoms with van der Waals surface area (Å²) in [6.45, 7) is 2.25. The molecule has 3 nitrogen and oxygen atoms in total. The average Bonchev–Trinajstić information content (AvgIpc) is 3.05. The molecule has 1 N–H and O–H groups in total. The second kappa shape index (κ2) is 8.19. The third-order valence-corrected chi connectivity index (χ3v) is 5.07. The summed E-state index contributed by atoms with van der Waals surface area (Å²) in [5.41, 5.74) is 4.60. The highest BCUT2D eigenvalue weighted by molar-refractivity contribution is 7.08. The van der Waals surface area contributed by atoms with Crippen molar-refractivity contribution < 1.29 is 9.53 Å². The Bertz CT molecular complexity index is 861. The SMILES string of the molecule is Cc1cccc(Nc2cscc2CC(=O)OCc2ccccc2)c1Cl. The minimum Gasteiger partial charge on any atom is -0.461 e. The van der Waals surface area contributed by atoms with Gasteiger partial charge in [0, 0.05) is 5.38 Å². The fourth-order valence-corrected chi connectivity index (χ4v) is 3.37. The Balaban J connectivity index is 1.63. The molecule has 0 aliphatic carbocycles. The summed E-state index contributed by atoms with van der Waals surface area (Å²) >= 11 is 7.87. The maximum atomic E-state index is 12.1. The number of rotatable bonds is 6. The molecule has 2 aromatic carbocycles. The summed E-state index contributed by atoms with van der Waals surface area (Å²) in [7, 11) is 0. The normalized spacial score (nSPS) is 10.5. The van der Waals surface area contributed by atoms with E-state index in [0.29, 0.717) is 5.02 Å². The first-order valence-electron chi connectivity index (χ1n) is 7.90. The summed E-state index contributed by atoms with van der Waals surface area (Å²) in [6, 6.07) is 15.5. The molecule has 5 heteroatoms. The Kier molecular flexibility index (Phi) is 5.74. The maximum Gasteiger partial charge on any atom is 0.310 e. The van der Waals surface area contributed by atoms with Gasteiger partial charge in [-0.2, -0.15) is 0 Å². The molecule has 0 bridgehead atoms. The van der Waals surface area contributed by atoms with Crippen molar-refractivity contribution in [1.29, 1.82) is 0 Å². The number of thiophene rings is 1. The zero-order valence-electron chi connectivity index (χ0n) is 13.8. The molecule has 0 atom stereocenters. The number of hydrogen-bond acceptors (Lipinski definition) is 4. The molecule has 25 heavy (non-hydrogen) atoms. The van der Waals surface area contributed by atoms with Gasteiger partial charge in [0.2, 0.25) is 0 Å². The van der Waals surface area contributed by atoms with E-state index < -0.39 is 0 Å². The van der Waals surface area contributed by atoms with Crippen molar-refractivity contribution in [2.24, 2.45) is 0 Å². The van der Waals surface area contributed by atoms with Gasteiger partial charge in [-0.3, -0.25) is 4.79 Å². The fraction of sp³-hybridized carbons (Fsp3) is 0.150. The number of hydrogen-bond donors (Lipinski definition) is 1. The van der Waals surface area contributed by atoms with Gasteiger partial charge in [-0.25, -0.2) is 0 Å². The van der Waals surface area contributed by atoms with Gasteiger partial charge in [-0.15, -0.1) is 11.3 Å². The maximum absolute atomic E-state index is 12.1. The molecule has 3 aromatic rings. The van der Waals surface area contributed by atoms with E-state index in [1.807, 2.05) is 66.2 Å². The third-order valence-electron chi connectivity index (χ3n) is 3.78. The first-order valence-corrected chi connectivity index (χ1v) is 9.22. The van der Waals surface area contributed by atoms with Crippen LogP contribution in [-0.2, 0) is 22.6 Å². The lowest BCUT2D eigenvalue weighted by molar-refractivity contribution is -0.144. The topological polar surface area (TPSA) is 38.3 Å². The van der Waals surface area contributed by atoms with E-state index >= 15 is 0 Å². The first-order chi connectivity index (χ1) is 12.1. The summed E-state index contributed by atoms with van der Waals surface area (Å²) in [6.07, 6.45) is 0.224. The van der Waals surface area contributed by atoms with Crippen LogP contribution >= 0.6 is 22.9 Å². The lowest BCUT2D eigenvalue weighted by Gasteiger charge is -2.11. The number of esters is 1. The van der Waals surface area contributed by atoms with E-state index in [-0.39, 0.29) is 19.0 Å². The summed E-state index contributed by atoms with van der Waals surface area (Å²) in [4.78, 5) is 12.1. The highest BCUT2D eigenvalue weighted by Gasteiger charge is 2.12. The van der Waals surface area contributed by atoms with Gasteiger partial charge in [0.25, 0.3) is 0 Å². The monoisotopic (exact) mass is 371 g/mol. The zero-order chi connectivity index (χ0) is 17.6. The van der Waals surface area contributed by atoms with Crippen molar-refractivity contribution in [3.8, 4) is 0 Å². The largest absolute Gasteiger partial charge is 0.461 e. The van der Waals surface area contributed by atoms with Gasteiger partial charge >= 0.3 is 5.97 Å². The van der Waals surface area contributed by atoms with Crippen molar-refractivity contribution in [3.63, 3.8) is 0 Å². The summed E-state index contributed by atoms with van der Waals surface area (Å²) < 4.78 is 5.36. The molecule has 1 aromatic heterocycles. The van der Waals surface area contributed by atoms with E-state index in [9.17, 15) is 4.79 Å². The number of anilines is 2. The Morgan fingerprint density at radius 3 is 2.68 bits per heavy atom. The van der Waals surface area contributed by atoms with Crippen LogP contribution in [0.2, 0.25) is 5.02 Å². The van der Waals surface area contributed by atoms with Crippen LogP contribution < -0.4 is 5.32 Å². The fourth-order valence-electron chi connectivity index (χ4n) is 2.40. The lowest BCUT2D eigenvalue weighted by atomic mass is 10.2. The van der Waals surface area contributed by atoms with Gasteiger partial charge in [0.15, 0.2) is 0 Å².